The molecule has 2 aromatic rings. The summed E-state index contributed by atoms with van der Waals surface area (Å²) in [5.41, 5.74) is 6.51. The summed E-state index contributed by atoms with van der Waals surface area (Å²) in [6.45, 7) is 0.631. The van der Waals surface area contributed by atoms with Crippen LogP contribution in [0, 0.1) is 5.92 Å². The van der Waals surface area contributed by atoms with Gasteiger partial charge in [0.25, 0.3) is 0 Å². The molecule has 5 N–H and O–H groups in total. The molecule has 34 heavy (non-hydrogen) atoms. The van der Waals surface area contributed by atoms with Crippen LogP contribution in [0.5, 0.6) is 5.88 Å². The van der Waals surface area contributed by atoms with E-state index >= 15 is 0 Å². The largest absolute Gasteiger partial charge is 0.490 e. The number of nitrogens with one attached hydrogen (secondary N) is 2. The number of ether oxygens (including phenoxy) is 1. The number of carbonyl (C=O) groups is 1. The van der Waals surface area contributed by atoms with Crippen LogP contribution in [0.2, 0.25) is 0 Å². The molecule has 0 saturated heterocycles. The van der Waals surface area contributed by atoms with Gasteiger partial charge in [0, 0.05) is 11.8 Å². The number of anilines is 3. The van der Waals surface area contributed by atoms with Crippen LogP contribution in [0.25, 0.3) is 0 Å². The maximum absolute atomic E-state index is 11.8. The topological polar surface area (TPSA) is 157 Å². The number of nitrogens with two attached hydrogens (primary N) is 1. The van der Waals surface area contributed by atoms with Gasteiger partial charge in [-0.25, -0.2) is 17.9 Å². The summed E-state index contributed by atoms with van der Waals surface area (Å²) in [4.78, 5) is 17.6. The lowest BCUT2D eigenvalue weighted by molar-refractivity contribution is -0.192. The second-order valence-corrected chi connectivity index (χ2v) is 9.32. The molecule has 0 unspecified atom stereocenters. The zero-order chi connectivity index (χ0) is 25.4. The van der Waals surface area contributed by atoms with E-state index in [4.69, 9.17) is 20.4 Å². The number of sulfonamides is 1. The Balaban J connectivity index is 0.000000509. The number of benzene rings is 1. The van der Waals surface area contributed by atoms with Crippen molar-refractivity contribution in [1.82, 2.24) is 14.7 Å². The predicted octanol–water partition coefficient (Wildman–Crippen LogP) is 3.30. The summed E-state index contributed by atoms with van der Waals surface area (Å²) < 4.78 is 63.4. The van der Waals surface area contributed by atoms with Gasteiger partial charge in [-0.1, -0.05) is 19.3 Å². The van der Waals surface area contributed by atoms with Crippen molar-refractivity contribution in [3.05, 3.63) is 30.3 Å². The maximum atomic E-state index is 11.8. The van der Waals surface area contributed by atoms with E-state index in [0.29, 0.717) is 35.9 Å². The van der Waals surface area contributed by atoms with Crippen molar-refractivity contribution in [2.75, 3.05) is 24.7 Å². The predicted molar refractivity (Wildman–Crippen MR) is 118 cm³/mol. The average Bonchev–Trinajstić information content (AvgIpc) is 2.78. The first kappa shape index (κ1) is 27.1. The van der Waals surface area contributed by atoms with Gasteiger partial charge in [-0.3, -0.25) is 0 Å². The zero-order valence-corrected chi connectivity index (χ0v) is 19.1. The van der Waals surface area contributed by atoms with Crippen molar-refractivity contribution in [1.29, 1.82) is 0 Å². The van der Waals surface area contributed by atoms with Crippen molar-refractivity contribution in [2.45, 2.75) is 43.2 Å². The molecule has 0 atom stereocenters. The average molecular weight is 506 g/mol. The minimum Gasteiger partial charge on any atom is -0.477 e. The maximum Gasteiger partial charge on any atom is 0.490 e. The molecule has 1 fully saturated rings. The molecule has 10 nitrogen and oxygen atoms in total. The van der Waals surface area contributed by atoms with E-state index < -0.39 is 22.2 Å². The molecule has 0 bridgehead atoms. The minimum absolute atomic E-state index is 0.181. The molecule has 14 heteroatoms. The van der Waals surface area contributed by atoms with Gasteiger partial charge >= 0.3 is 12.1 Å². The van der Waals surface area contributed by atoms with E-state index in [1.807, 2.05) is 0 Å². The number of aliphatic carboxylic acids is 1. The van der Waals surface area contributed by atoms with Gasteiger partial charge in [0.05, 0.1) is 11.5 Å². The molecule has 1 aliphatic carbocycles. The van der Waals surface area contributed by atoms with Crippen LogP contribution < -0.4 is 20.5 Å². The van der Waals surface area contributed by atoms with Gasteiger partial charge in [0.15, 0.2) is 0 Å². The second-order valence-electron chi connectivity index (χ2n) is 7.43. The molecule has 1 aliphatic rings. The molecule has 1 saturated carbocycles. The van der Waals surface area contributed by atoms with E-state index in [2.05, 4.69) is 20.0 Å². The van der Waals surface area contributed by atoms with Gasteiger partial charge in [0.1, 0.15) is 5.82 Å². The summed E-state index contributed by atoms with van der Waals surface area (Å²) in [6.07, 6.45) is 1.11. The quantitative estimate of drug-likeness (QED) is 0.443. The first-order valence-electron chi connectivity index (χ1n) is 10.3. The second kappa shape index (κ2) is 11.8. The molecule has 1 aromatic carbocycles. The molecule has 3 rings (SSSR count). The fourth-order valence-electron chi connectivity index (χ4n) is 3.09. The molecule has 1 heterocycles. The fourth-order valence-corrected chi connectivity index (χ4v) is 3.82. The van der Waals surface area contributed by atoms with Crippen LogP contribution >= 0.6 is 0 Å². The normalized spacial score (nSPS) is 14.6. The highest BCUT2D eigenvalue weighted by molar-refractivity contribution is 7.89. The highest BCUT2D eigenvalue weighted by atomic mass is 32.2. The van der Waals surface area contributed by atoms with E-state index in [9.17, 15) is 21.6 Å². The first-order chi connectivity index (χ1) is 15.9. The standard InChI is InChI=1S/C18H25N5O3S.C2HF3O2/c1-20-27(24,25)15-9-7-14(8-10-15)21-18-22-16(19)11-17(23-18)26-12-13-5-3-2-4-6-13;3-2(4,5)1(6)7/h7-11,13,20H,2-6,12H2,1H3,(H3,19,21,22,23);(H,6,7). The fraction of sp³-hybridized carbons (Fsp3) is 0.450. The van der Waals surface area contributed by atoms with E-state index in [1.165, 1.54) is 51.3 Å². The van der Waals surface area contributed by atoms with Crippen LogP contribution in [0.4, 0.5) is 30.6 Å². The van der Waals surface area contributed by atoms with Crippen molar-refractivity contribution in [3.63, 3.8) is 0 Å². The van der Waals surface area contributed by atoms with Gasteiger partial charge in [-0.2, -0.15) is 23.1 Å². The first-order valence-corrected chi connectivity index (χ1v) is 11.8. The number of hydrogen-bond acceptors (Lipinski definition) is 8. The van der Waals surface area contributed by atoms with Crippen LogP contribution in [0.1, 0.15) is 32.1 Å². The molecule has 1 aromatic heterocycles. The lowest BCUT2D eigenvalue weighted by atomic mass is 9.90. The Bertz CT molecular complexity index is 1060. The zero-order valence-electron chi connectivity index (χ0n) is 18.3. The summed E-state index contributed by atoms with van der Waals surface area (Å²) in [5, 5.41) is 10.1. The van der Waals surface area contributed by atoms with Gasteiger partial charge in [-0.15, -0.1) is 0 Å². The van der Waals surface area contributed by atoms with Gasteiger partial charge in [0.2, 0.25) is 21.9 Å². The van der Waals surface area contributed by atoms with Crippen molar-refractivity contribution < 1.29 is 36.2 Å². The van der Waals surface area contributed by atoms with E-state index in [-0.39, 0.29) is 4.90 Å². The monoisotopic (exact) mass is 505 g/mol. The SMILES string of the molecule is CNS(=O)(=O)c1ccc(Nc2nc(N)cc(OCC3CCCCC3)n2)cc1.O=C(O)C(F)(F)F. The van der Waals surface area contributed by atoms with Crippen LogP contribution in [-0.2, 0) is 14.8 Å². The Morgan fingerprint density at radius 2 is 1.76 bits per heavy atom. The minimum atomic E-state index is -5.08. The van der Waals surface area contributed by atoms with Crippen molar-refractivity contribution in [3.8, 4) is 5.88 Å². The lowest BCUT2D eigenvalue weighted by Crippen LogP contribution is -2.21. The summed E-state index contributed by atoms with van der Waals surface area (Å²) in [6, 6.07) is 7.89. The van der Waals surface area contributed by atoms with Crippen molar-refractivity contribution in [2.24, 2.45) is 5.92 Å². The number of nitrogen functional groups attached to an aromatic ring is 1. The third-order valence-corrected chi connectivity index (χ3v) is 6.28. The highest BCUT2D eigenvalue weighted by Gasteiger charge is 2.38. The number of carboxylic acids is 1. The third kappa shape index (κ3) is 8.67. The van der Waals surface area contributed by atoms with Gasteiger partial charge < -0.3 is 20.9 Å². The third-order valence-electron chi connectivity index (χ3n) is 4.85. The van der Waals surface area contributed by atoms with Gasteiger partial charge in [-0.05, 0) is 50.1 Å². The van der Waals surface area contributed by atoms with E-state index in [1.54, 1.807) is 18.2 Å². The number of halogens is 3. The van der Waals surface area contributed by atoms with Crippen molar-refractivity contribution >= 4 is 33.4 Å². The van der Waals surface area contributed by atoms with Crippen LogP contribution in [0.3, 0.4) is 0 Å². The molecule has 0 radical (unpaired) electrons. The highest BCUT2D eigenvalue weighted by Crippen LogP contribution is 2.25. The molecule has 0 amide bonds. The van der Waals surface area contributed by atoms with E-state index in [0.717, 1.165) is 0 Å². The van der Waals surface area contributed by atoms with Crippen LogP contribution in [-0.4, -0.2) is 49.3 Å². The molecular weight excluding hydrogens is 479 g/mol. The molecule has 188 valence electrons. The Hall–Kier alpha value is -3.13. The Morgan fingerprint density at radius 3 is 2.29 bits per heavy atom. The number of hydrogen-bond donors (Lipinski definition) is 4. The van der Waals surface area contributed by atoms with Crippen LogP contribution in [0.15, 0.2) is 35.2 Å². The summed E-state index contributed by atoms with van der Waals surface area (Å²) in [7, 11) is -2.10. The number of nitrogens with zero attached hydrogens (tertiary/aromatic N) is 2. The Labute approximate surface area is 194 Å². The number of aromatic nitrogens is 2. The lowest BCUT2D eigenvalue weighted by Gasteiger charge is -2.21. The number of rotatable bonds is 7. The summed E-state index contributed by atoms with van der Waals surface area (Å²) >= 11 is 0. The Morgan fingerprint density at radius 1 is 1.18 bits per heavy atom. The Kier molecular flexibility index (Phi) is 9.44. The molecule has 0 aliphatic heterocycles. The smallest absolute Gasteiger partial charge is 0.477 e. The number of alkyl halides is 3. The number of carboxylic acid groups (broad SMARTS) is 1. The molecular formula is C20H26F3N5O5S. The molecule has 0 spiro atoms. The summed E-state index contributed by atoms with van der Waals surface area (Å²) in [5.74, 6) is -1.15.